The SMILES string of the molecule is CCCCCCCCNC(=O)C(=O)N[C@@H]1CCCC[C@H]1C. The molecule has 4 heteroatoms. The molecule has 1 saturated carbocycles. The number of carbonyl (C=O) groups excluding carboxylic acids is 2. The Hall–Kier alpha value is -1.06. The lowest BCUT2D eigenvalue weighted by Crippen LogP contribution is -2.47. The van der Waals surface area contributed by atoms with Gasteiger partial charge in [-0.1, -0.05) is 58.8 Å². The summed E-state index contributed by atoms with van der Waals surface area (Å²) in [6, 6.07) is 0.172. The molecule has 122 valence electrons. The molecule has 2 amide bonds. The molecule has 0 saturated heterocycles. The van der Waals surface area contributed by atoms with Crippen molar-refractivity contribution in [3.05, 3.63) is 0 Å². The second-order valence-electron chi connectivity index (χ2n) is 6.37. The van der Waals surface area contributed by atoms with Crippen molar-refractivity contribution in [3.63, 3.8) is 0 Å². The van der Waals surface area contributed by atoms with E-state index in [9.17, 15) is 9.59 Å². The third kappa shape index (κ3) is 7.49. The van der Waals surface area contributed by atoms with Crippen molar-refractivity contribution in [2.45, 2.75) is 84.1 Å². The van der Waals surface area contributed by atoms with Crippen LogP contribution in [0.2, 0.25) is 0 Å². The molecule has 0 aliphatic heterocycles. The maximum atomic E-state index is 11.8. The summed E-state index contributed by atoms with van der Waals surface area (Å²) in [5, 5.41) is 5.61. The molecule has 0 radical (unpaired) electrons. The lowest BCUT2D eigenvalue weighted by atomic mass is 9.86. The van der Waals surface area contributed by atoms with Gasteiger partial charge in [-0.2, -0.15) is 0 Å². The van der Waals surface area contributed by atoms with Gasteiger partial charge in [0.15, 0.2) is 0 Å². The number of nitrogens with one attached hydrogen (secondary N) is 2. The van der Waals surface area contributed by atoms with Gasteiger partial charge < -0.3 is 10.6 Å². The predicted molar refractivity (Wildman–Crippen MR) is 85.9 cm³/mol. The Bertz CT molecular complexity index is 318. The first kappa shape index (κ1) is 18.0. The number of amides is 2. The van der Waals surface area contributed by atoms with Gasteiger partial charge in [0.2, 0.25) is 0 Å². The number of rotatable bonds is 8. The predicted octanol–water partition coefficient (Wildman–Crippen LogP) is 3.16. The molecule has 0 unspecified atom stereocenters. The van der Waals surface area contributed by atoms with Crippen LogP contribution in [0.25, 0.3) is 0 Å². The van der Waals surface area contributed by atoms with Crippen LogP contribution in [0.1, 0.15) is 78.1 Å². The zero-order chi connectivity index (χ0) is 15.5. The summed E-state index contributed by atoms with van der Waals surface area (Å²) >= 11 is 0. The van der Waals surface area contributed by atoms with Gasteiger partial charge >= 0.3 is 11.8 Å². The van der Waals surface area contributed by atoms with Gasteiger partial charge in [0, 0.05) is 12.6 Å². The Morgan fingerprint density at radius 2 is 1.62 bits per heavy atom. The van der Waals surface area contributed by atoms with E-state index in [0.29, 0.717) is 12.5 Å². The largest absolute Gasteiger partial charge is 0.348 e. The molecule has 21 heavy (non-hydrogen) atoms. The second-order valence-corrected chi connectivity index (χ2v) is 6.37. The van der Waals surface area contributed by atoms with Gasteiger partial charge in [0.25, 0.3) is 0 Å². The number of hydrogen-bond acceptors (Lipinski definition) is 2. The first-order chi connectivity index (χ1) is 10.1. The van der Waals surface area contributed by atoms with Gasteiger partial charge in [-0.15, -0.1) is 0 Å². The molecule has 0 heterocycles. The van der Waals surface area contributed by atoms with Crippen molar-refractivity contribution < 1.29 is 9.59 Å². The molecule has 0 aromatic rings. The molecule has 4 nitrogen and oxygen atoms in total. The Morgan fingerprint density at radius 3 is 2.33 bits per heavy atom. The number of unbranched alkanes of at least 4 members (excludes halogenated alkanes) is 5. The van der Waals surface area contributed by atoms with Crippen LogP contribution in [0.4, 0.5) is 0 Å². The topological polar surface area (TPSA) is 58.2 Å². The van der Waals surface area contributed by atoms with Crippen molar-refractivity contribution >= 4 is 11.8 Å². The minimum absolute atomic E-state index is 0.172. The lowest BCUT2D eigenvalue weighted by molar-refractivity contribution is -0.140. The minimum atomic E-state index is -0.471. The summed E-state index contributed by atoms with van der Waals surface area (Å²) in [4.78, 5) is 23.6. The second kappa shape index (κ2) is 10.6. The Labute approximate surface area is 129 Å². The standard InChI is InChI=1S/C17H32N2O2/c1-3-4-5-6-7-10-13-18-16(20)17(21)19-15-12-9-8-11-14(15)2/h14-15H,3-13H2,1-2H3,(H,18,20)(H,19,21)/t14-,15-/m1/s1. The molecule has 1 aliphatic rings. The maximum Gasteiger partial charge on any atom is 0.309 e. The summed E-state index contributed by atoms with van der Waals surface area (Å²) in [6.07, 6.45) is 11.6. The fourth-order valence-electron chi connectivity index (χ4n) is 2.95. The van der Waals surface area contributed by atoms with Crippen LogP contribution in [-0.4, -0.2) is 24.4 Å². The Morgan fingerprint density at radius 1 is 0.952 bits per heavy atom. The Kier molecular flexibility index (Phi) is 9.11. The normalized spacial score (nSPS) is 21.8. The molecular formula is C17H32N2O2. The molecule has 2 N–H and O–H groups in total. The molecule has 1 fully saturated rings. The van der Waals surface area contributed by atoms with Crippen molar-refractivity contribution in [1.29, 1.82) is 0 Å². The molecule has 0 aromatic heterocycles. The highest BCUT2D eigenvalue weighted by Gasteiger charge is 2.25. The van der Waals surface area contributed by atoms with Crippen LogP contribution in [-0.2, 0) is 9.59 Å². The van der Waals surface area contributed by atoms with E-state index in [1.54, 1.807) is 0 Å². The molecule has 0 spiro atoms. The number of carbonyl (C=O) groups is 2. The van der Waals surface area contributed by atoms with Crippen molar-refractivity contribution in [3.8, 4) is 0 Å². The van der Waals surface area contributed by atoms with Crippen molar-refractivity contribution in [1.82, 2.24) is 10.6 Å². The highest BCUT2D eigenvalue weighted by atomic mass is 16.2. The first-order valence-corrected chi connectivity index (χ1v) is 8.73. The van der Waals surface area contributed by atoms with Crippen LogP contribution in [0.15, 0.2) is 0 Å². The van der Waals surface area contributed by atoms with Gasteiger partial charge in [-0.3, -0.25) is 9.59 Å². The average molecular weight is 296 g/mol. The van der Waals surface area contributed by atoms with E-state index >= 15 is 0 Å². The van der Waals surface area contributed by atoms with E-state index in [4.69, 9.17) is 0 Å². The number of hydrogen-bond donors (Lipinski definition) is 2. The van der Waals surface area contributed by atoms with Crippen LogP contribution < -0.4 is 10.6 Å². The minimum Gasteiger partial charge on any atom is -0.348 e. The first-order valence-electron chi connectivity index (χ1n) is 8.73. The fourth-order valence-corrected chi connectivity index (χ4v) is 2.95. The summed E-state index contributed by atoms with van der Waals surface area (Å²) in [7, 11) is 0. The summed E-state index contributed by atoms with van der Waals surface area (Å²) < 4.78 is 0. The van der Waals surface area contributed by atoms with Gasteiger partial charge in [-0.05, 0) is 25.2 Å². The molecular weight excluding hydrogens is 264 g/mol. The van der Waals surface area contributed by atoms with Crippen LogP contribution >= 0.6 is 0 Å². The van der Waals surface area contributed by atoms with Crippen LogP contribution in [0.3, 0.4) is 0 Å². The van der Waals surface area contributed by atoms with E-state index in [1.165, 1.54) is 32.1 Å². The van der Waals surface area contributed by atoms with E-state index in [-0.39, 0.29) is 6.04 Å². The lowest BCUT2D eigenvalue weighted by Gasteiger charge is -2.29. The molecule has 1 rings (SSSR count). The zero-order valence-corrected chi connectivity index (χ0v) is 13.7. The molecule has 2 atom stereocenters. The van der Waals surface area contributed by atoms with Gasteiger partial charge in [0.05, 0.1) is 0 Å². The zero-order valence-electron chi connectivity index (χ0n) is 13.7. The van der Waals surface area contributed by atoms with Crippen LogP contribution in [0.5, 0.6) is 0 Å². The smallest absolute Gasteiger partial charge is 0.309 e. The molecule has 0 bridgehead atoms. The van der Waals surface area contributed by atoms with E-state index in [0.717, 1.165) is 32.1 Å². The van der Waals surface area contributed by atoms with E-state index in [2.05, 4.69) is 24.5 Å². The molecule has 0 aromatic carbocycles. The summed E-state index contributed by atoms with van der Waals surface area (Å²) in [5.74, 6) is -0.449. The van der Waals surface area contributed by atoms with Gasteiger partial charge in [0.1, 0.15) is 0 Å². The van der Waals surface area contributed by atoms with Crippen molar-refractivity contribution in [2.24, 2.45) is 5.92 Å². The fraction of sp³-hybridized carbons (Fsp3) is 0.882. The Balaban J connectivity index is 2.09. The summed E-state index contributed by atoms with van der Waals surface area (Å²) in [6.45, 7) is 4.96. The van der Waals surface area contributed by atoms with E-state index < -0.39 is 11.8 Å². The third-order valence-corrected chi connectivity index (χ3v) is 4.45. The monoisotopic (exact) mass is 296 g/mol. The van der Waals surface area contributed by atoms with Gasteiger partial charge in [-0.25, -0.2) is 0 Å². The summed E-state index contributed by atoms with van der Waals surface area (Å²) in [5.41, 5.74) is 0. The van der Waals surface area contributed by atoms with Crippen molar-refractivity contribution in [2.75, 3.05) is 6.54 Å². The third-order valence-electron chi connectivity index (χ3n) is 4.45. The molecule has 1 aliphatic carbocycles. The highest BCUT2D eigenvalue weighted by Crippen LogP contribution is 2.23. The maximum absolute atomic E-state index is 11.8. The van der Waals surface area contributed by atoms with E-state index in [1.807, 2.05) is 0 Å². The average Bonchev–Trinajstić information content (AvgIpc) is 2.48. The highest BCUT2D eigenvalue weighted by molar-refractivity contribution is 6.35. The van der Waals surface area contributed by atoms with Crippen LogP contribution in [0, 0.1) is 5.92 Å². The quantitative estimate of drug-likeness (QED) is 0.534.